The third-order valence-corrected chi connectivity index (χ3v) is 6.09. The summed E-state index contributed by atoms with van der Waals surface area (Å²) in [6, 6.07) is 10.3. The number of fused-ring (bicyclic) bond motifs is 3. The first-order valence-corrected chi connectivity index (χ1v) is 10.5. The lowest BCUT2D eigenvalue weighted by Crippen LogP contribution is -2.21. The van der Waals surface area contributed by atoms with Crippen molar-refractivity contribution in [3.63, 3.8) is 0 Å². The Labute approximate surface area is 184 Å². The number of carbonyl (C=O) groups is 2. The molecule has 0 radical (unpaired) electrons. The van der Waals surface area contributed by atoms with E-state index in [9.17, 15) is 14.4 Å². The number of aryl methyl sites for hydroxylation is 1. The molecule has 0 saturated heterocycles. The lowest BCUT2D eigenvalue weighted by Gasteiger charge is -2.05. The number of rotatable bonds is 4. The highest BCUT2D eigenvalue weighted by Crippen LogP contribution is 2.37. The highest BCUT2D eigenvalue weighted by molar-refractivity contribution is 7.16. The normalized spacial score (nSPS) is 13.1. The fourth-order valence-corrected chi connectivity index (χ4v) is 4.50. The van der Waals surface area contributed by atoms with Gasteiger partial charge in [-0.3, -0.25) is 14.4 Å². The molecular formula is C22H16N2O7S. The van der Waals surface area contributed by atoms with Gasteiger partial charge in [-0.05, 0) is 12.1 Å². The smallest absolute Gasteiger partial charge is 0.307 e. The van der Waals surface area contributed by atoms with E-state index in [0.29, 0.717) is 27.3 Å². The summed E-state index contributed by atoms with van der Waals surface area (Å²) in [6.07, 6.45) is 1.20. The quantitative estimate of drug-likeness (QED) is 0.438. The number of ether oxygens (including phenoxy) is 3. The highest BCUT2D eigenvalue weighted by Gasteiger charge is 2.19. The number of amides is 1. The van der Waals surface area contributed by atoms with Crippen LogP contribution in [0.4, 0.5) is 0 Å². The molecule has 5 rings (SSSR count). The van der Waals surface area contributed by atoms with Crippen molar-refractivity contribution in [1.29, 1.82) is 0 Å². The second-order valence-corrected chi connectivity index (χ2v) is 7.94. The monoisotopic (exact) mass is 452 g/mol. The molecule has 0 bridgehead atoms. The average molecular weight is 452 g/mol. The molecule has 9 nitrogen and oxygen atoms in total. The largest absolute Gasteiger partial charge is 0.469 e. The first kappa shape index (κ1) is 20.0. The molecule has 2 aromatic heterocycles. The number of nitrogens with zero attached hydrogens (tertiary/aromatic N) is 2. The minimum absolute atomic E-state index is 0.0796. The van der Waals surface area contributed by atoms with E-state index in [1.54, 1.807) is 41.0 Å². The molecule has 0 N–H and O–H groups in total. The van der Waals surface area contributed by atoms with E-state index in [1.165, 1.54) is 18.4 Å². The third kappa shape index (κ3) is 3.44. The molecular weight excluding hydrogens is 436 g/mol. The lowest BCUT2D eigenvalue weighted by molar-refractivity contribution is -0.140. The molecule has 162 valence electrons. The molecule has 1 aliphatic rings. The number of para-hydroxylation sites is 1. The zero-order valence-electron chi connectivity index (χ0n) is 16.8. The number of aromatic nitrogens is 1. The van der Waals surface area contributed by atoms with E-state index >= 15 is 0 Å². The zero-order valence-corrected chi connectivity index (χ0v) is 17.6. The predicted molar refractivity (Wildman–Crippen MR) is 115 cm³/mol. The summed E-state index contributed by atoms with van der Waals surface area (Å²) in [5, 5.41) is 0.300. The number of benzene rings is 2. The Balaban J connectivity index is 1.64. The van der Waals surface area contributed by atoms with Crippen molar-refractivity contribution in [2.45, 2.75) is 13.0 Å². The number of esters is 1. The first-order chi connectivity index (χ1) is 15.5. The van der Waals surface area contributed by atoms with Gasteiger partial charge in [0.05, 0.1) is 29.1 Å². The predicted octanol–water partition coefficient (Wildman–Crippen LogP) is 2.84. The van der Waals surface area contributed by atoms with Gasteiger partial charge in [0.1, 0.15) is 17.4 Å². The van der Waals surface area contributed by atoms with Gasteiger partial charge in [0.25, 0.3) is 5.91 Å². The van der Waals surface area contributed by atoms with Crippen LogP contribution in [-0.4, -0.2) is 30.3 Å². The standard InChI is InChI=1S/C22H16N2O7S/c1-28-19(25)6-7-24-14-8-16-17(31-11-30-16)9-18(14)32-22(24)23-21(27)13-10-29-15-5-3-2-4-12(15)20(13)26/h2-5,8-10H,6-7,11H2,1H3. The topological polar surface area (TPSA) is 109 Å². The van der Waals surface area contributed by atoms with Gasteiger partial charge in [0.2, 0.25) is 12.2 Å². The zero-order chi connectivity index (χ0) is 22.2. The highest BCUT2D eigenvalue weighted by atomic mass is 32.1. The Morgan fingerprint density at radius 3 is 2.78 bits per heavy atom. The summed E-state index contributed by atoms with van der Waals surface area (Å²) in [6.45, 7) is 0.354. The molecule has 4 aromatic rings. The number of hydrogen-bond donors (Lipinski definition) is 0. The van der Waals surface area contributed by atoms with Crippen LogP contribution in [0.3, 0.4) is 0 Å². The second-order valence-electron chi connectivity index (χ2n) is 6.93. The van der Waals surface area contributed by atoms with Gasteiger partial charge in [-0.1, -0.05) is 23.5 Å². The maximum atomic E-state index is 12.9. The molecule has 3 heterocycles. The molecule has 0 saturated carbocycles. The van der Waals surface area contributed by atoms with Crippen LogP contribution >= 0.6 is 11.3 Å². The SMILES string of the molecule is COC(=O)CCn1c(=NC(=O)c2coc3ccccc3c2=O)sc2cc3c(cc21)OCO3. The molecule has 0 unspecified atom stereocenters. The summed E-state index contributed by atoms with van der Waals surface area (Å²) in [7, 11) is 1.31. The van der Waals surface area contributed by atoms with Crippen molar-refractivity contribution in [2.75, 3.05) is 13.9 Å². The van der Waals surface area contributed by atoms with Gasteiger partial charge in [0.15, 0.2) is 16.3 Å². The van der Waals surface area contributed by atoms with E-state index in [0.717, 1.165) is 16.5 Å². The molecule has 10 heteroatoms. The van der Waals surface area contributed by atoms with Crippen LogP contribution < -0.4 is 19.7 Å². The van der Waals surface area contributed by atoms with Crippen LogP contribution in [0.25, 0.3) is 21.2 Å². The van der Waals surface area contributed by atoms with Crippen molar-refractivity contribution in [2.24, 2.45) is 4.99 Å². The summed E-state index contributed by atoms with van der Waals surface area (Å²) in [4.78, 5) is 41.9. The Morgan fingerprint density at radius 1 is 1.19 bits per heavy atom. The average Bonchev–Trinajstić information content (AvgIpc) is 3.39. The number of hydrogen-bond acceptors (Lipinski definition) is 8. The maximum Gasteiger partial charge on any atom is 0.307 e. The Morgan fingerprint density at radius 2 is 1.97 bits per heavy atom. The lowest BCUT2D eigenvalue weighted by atomic mass is 10.2. The Hall–Kier alpha value is -3.92. The van der Waals surface area contributed by atoms with Crippen molar-refractivity contribution in [1.82, 2.24) is 4.57 Å². The van der Waals surface area contributed by atoms with Crippen LogP contribution in [0.15, 0.2) is 56.9 Å². The summed E-state index contributed by atoms with van der Waals surface area (Å²) in [5.74, 6) is 0.0232. The van der Waals surface area contributed by atoms with E-state index in [4.69, 9.17) is 18.6 Å². The summed E-state index contributed by atoms with van der Waals surface area (Å²) < 4.78 is 23.6. The van der Waals surface area contributed by atoms with E-state index in [2.05, 4.69) is 4.99 Å². The van der Waals surface area contributed by atoms with E-state index in [1.807, 2.05) is 0 Å². The maximum absolute atomic E-state index is 12.9. The van der Waals surface area contributed by atoms with E-state index < -0.39 is 17.3 Å². The van der Waals surface area contributed by atoms with Gasteiger partial charge < -0.3 is 23.2 Å². The fourth-order valence-electron chi connectivity index (χ4n) is 3.44. The summed E-state index contributed by atoms with van der Waals surface area (Å²) in [5.41, 5.74) is 0.484. The number of thiazole rings is 1. The molecule has 0 spiro atoms. The Kier molecular flexibility index (Phi) is 4.98. The third-order valence-electron chi connectivity index (χ3n) is 5.05. The fraction of sp³-hybridized carbons (Fsp3) is 0.182. The van der Waals surface area contributed by atoms with Crippen molar-refractivity contribution >= 4 is 44.4 Å². The van der Waals surface area contributed by atoms with Crippen LogP contribution in [0.2, 0.25) is 0 Å². The molecule has 1 amide bonds. The van der Waals surface area contributed by atoms with Gasteiger partial charge >= 0.3 is 5.97 Å². The first-order valence-electron chi connectivity index (χ1n) is 9.64. The van der Waals surface area contributed by atoms with Crippen molar-refractivity contribution in [3.05, 3.63) is 63.2 Å². The second kappa shape index (κ2) is 7.97. The number of carbonyl (C=O) groups excluding carboxylic acids is 2. The molecule has 0 fully saturated rings. The minimum atomic E-state index is -0.733. The molecule has 2 aromatic carbocycles. The van der Waals surface area contributed by atoms with Crippen LogP contribution in [-0.2, 0) is 16.1 Å². The van der Waals surface area contributed by atoms with E-state index in [-0.39, 0.29) is 25.3 Å². The molecule has 0 atom stereocenters. The van der Waals surface area contributed by atoms with Crippen LogP contribution in [0, 0.1) is 0 Å². The number of methoxy groups -OCH3 is 1. The van der Waals surface area contributed by atoms with Crippen molar-refractivity contribution < 1.29 is 28.2 Å². The summed E-state index contributed by atoms with van der Waals surface area (Å²) >= 11 is 1.24. The van der Waals surface area contributed by atoms with Gasteiger partial charge in [-0.2, -0.15) is 4.99 Å². The van der Waals surface area contributed by atoms with Gasteiger partial charge in [-0.25, -0.2) is 0 Å². The van der Waals surface area contributed by atoms with Gasteiger partial charge in [0, 0.05) is 18.7 Å². The Bertz CT molecular complexity index is 1510. The van der Waals surface area contributed by atoms with Crippen LogP contribution in [0.1, 0.15) is 16.8 Å². The van der Waals surface area contributed by atoms with Gasteiger partial charge in [-0.15, -0.1) is 0 Å². The van der Waals surface area contributed by atoms with Crippen LogP contribution in [0.5, 0.6) is 11.5 Å². The molecule has 0 aliphatic carbocycles. The molecule has 1 aliphatic heterocycles. The minimum Gasteiger partial charge on any atom is -0.469 e. The molecule has 32 heavy (non-hydrogen) atoms. The van der Waals surface area contributed by atoms with Crippen molar-refractivity contribution in [3.8, 4) is 11.5 Å².